The van der Waals surface area contributed by atoms with Gasteiger partial charge in [0.2, 0.25) is 0 Å². The number of alkyl halides is 4. The fraction of sp³-hybridized carbons (Fsp3) is 1.00. The molecule has 0 fully saturated rings. The highest BCUT2D eigenvalue weighted by atomic mass is 35.5. The molecule has 0 heterocycles. The monoisotopic (exact) mass is 326 g/mol. The summed E-state index contributed by atoms with van der Waals surface area (Å²) in [6.07, 6.45) is -0.307. The van der Waals surface area contributed by atoms with Gasteiger partial charge in [-0.3, -0.25) is 0 Å². The third-order valence-electron chi connectivity index (χ3n) is 1.81. The average Bonchev–Trinajstić information content (AvgIpc) is 2.37. The van der Waals surface area contributed by atoms with Crippen LogP contribution in [0.15, 0.2) is 0 Å². The molecular formula is C10H18Cl4O3. The topological polar surface area (TPSA) is 27.7 Å². The number of rotatable bonds is 12. The molecule has 0 N–H and O–H groups in total. The lowest BCUT2D eigenvalue weighted by atomic mass is 10.4. The van der Waals surface area contributed by atoms with Crippen molar-refractivity contribution in [3.05, 3.63) is 0 Å². The average molecular weight is 328 g/mol. The zero-order valence-electron chi connectivity index (χ0n) is 9.55. The minimum atomic E-state index is -0.153. The highest BCUT2D eigenvalue weighted by Crippen LogP contribution is 2.01. The molecule has 0 aromatic heterocycles. The van der Waals surface area contributed by atoms with Crippen molar-refractivity contribution in [2.24, 2.45) is 0 Å². The quantitative estimate of drug-likeness (QED) is 0.516. The largest absolute Gasteiger partial charge is 0.376 e. The fourth-order valence-corrected chi connectivity index (χ4v) is 1.56. The highest BCUT2D eigenvalue weighted by Gasteiger charge is 2.11. The van der Waals surface area contributed by atoms with Gasteiger partial charge in [-0.2, -0.15) is 0 Å². The molecule has 7 heteroatoms. The van der Waals surface area contributed by atoms with Crippen molar-refractivity contribution in [2.75, 3.05) is 49.9 Å². The van der Waals surface area contributed by atoms with Gasteiger partial charge in [-0.1, -0.05) is 0 Å². The van der Waals surface area contributed by atoms with Crippen LogP contribution in [0.5, 0.6) is 0 Å². The van der Waals surface area contributed by atoms with Crippen molar-refractivity contribution in [1.29, 1.82) is 0 Å². The maximum Gasteiger partial charge on any atom is 0.0943 e. The molecule has 0 amide bonds. The summed E-state index contributed by atoms with van der Waals surface area (Å²) < 4.78 is 16.1. The Hall–Kier alpha value is 1.04. The Morgan fingerprint density at radius 2 is 1.12 bits per heavy atom. The van der Waals surface area contributed by atoms with Gasteiger partial charge in [0.1, 0.15) is 0 Å². The summed E-state index contributed by atoms with van der Waals surface area (Å²) in [5, 5.41) is 0. The van der Waals surface area contributed by atoms with E-state index in [1.165, 1.54) is 0 Å². The molecule has 0 aromatic rings. The second kappa shape index (κ2) is 13.5. The maximum absolute atomic E-state index is 5.71. The molecule has 0 aliphatic rings. The first kappa shape index (κ1) is 18.0. The van der Waals surface area contributed by atoms with Gasteiger partial charge in [0.15, 0.2) is 0 Å². The molecule has 2 unspecified atom stereocenters. The minimum Gasteiger partial charge on any atom is -0.376 e. The zero-order valence-corrected chi connectivity index (χ0v) is 12.6. The Balaban J connectivity index is 3.61. The molecule has 0 rings (SSSR count). The van der Waals surface area contributed by atoms with Crippen LogP contribution in [0.25, 0.3) is 0 Å². The van der Waals surface area contributed by atoms with Crippen LogP contribution < -0.4 is 0 Å². The van der Waals surface area contributed by atoms with E-state index in [4.69, 9.17) is 60.6 Å². The van der Waals surface area contributed by atoms with Crippen molar-refractivity contribution < 1.29 is 14.2 Å². The molecular weight excluding hydrogens is 310 g/mol. The summed E-state index contributed by atoms with van der Waals surface area (Å²) in [5.41, 5.74) is 0. The summed E-state index contributed by atoms with van der Waals surface area (Å²) in [7, 11) is 0. The third-order valence-corrected chi connectivity index (χ3v) is 2.81. The Morgan fingerprint density at radius 1 is 0.706 bits per heavy atom. The first-order chi connectivity index (χ1) is 8.28. The van der Waals surface area contributed by atoms with Crippen LogP contribution in [0.3, 0.4) is 0 Å². The normalized spacial score (nSPS) is 14.8. The number of ether oxygens (including phenoxy) is 3. The van der Waals surface area contributed by atoms with Crippen LogP contribution in [-0.4, -0.2) is 62.2 Å². The van der Waals surface area contributed by atoms with Gasteiger partial charge < -0.3 is 14.2 Å². The van der Waals surface area contributed by atoms with Crippen LogP contribution in [0.2, 0.25) is 0 Å². The summed E-state index contributed by atoms with van der Waals surface area (Å²) in [6, 6.07) is 0. The van der Waals surface area contributed by atoms with E-state index in [9.17, 15) is 0 Å². The van der Waals surface area contributed by atoms with Crippen molar-refractivity contribution >= 4 is 46.4 Å². The Labute approximate surface area is 123 Å². The first-order valence-corrected chi connectivity index (χ1v) is 7.47. The Kier molecular flexibility index (Phi) is 14.3. The fourth-order valence-electron chi connectivity index (χ4n) is 1.03. The van der Waals surface area contributed by atoms with Gasteiger partial charge in [-0.25, -0.2) is 0 Å². The van der Waals surface area contributed by atoms with Crippen LogP contribution in [0.1, 0.15) is 0 Å². The second-order valence-electron chi connectivity index (χ2n) is 3.21. The molecule has 2 atom stereocenters. The molecule has 3 nitrogen and oxygen atoms in total. The van der Waals surface area contributed by atoms with Gasteiger partial charge in [0, 0.05) is 11.8 Å². The van der Waals surface area contributed by atoms with Crippen LogP contribution >= 0.6 is 46.4 Å². The lowest BCUT2D eigenvalue weighted by molar-refractivity contribution is -0.0396. The molecule has 0 aliphatic carbocycles. The van der Waals surface area contributed by atoms with E-state index in [0.29, 0.717) is 49.9 Å². The predicted molar refractivity (Wildman–Crippen MR) is 73.2 cm³/mol. The smallest absolute Gasteiger partial charge is 0.0943 e. The number of hydrogen-bond donors (Lipinski definition) is 0. The Bertz CT molecular complexity index is 146. The standard InChI is InChI=1S/C10H18Cl4O3/c11-1-3-16-9(5-13)7-15-8-10(6-14)17-4-2-12/h9-10H,1-8H2. The van der Waals surface area contributed by atoms with Crippen LogP contribution in [0.4, 0.5) is 0 Å². The molecule has 104 valence electrons. The van der Waals surface area contributed by atoms with E-state index in [0.717, 1.165) is 0 Å². The molecule has 0 bridgehead atoms. The predicted octanol–water partition coefficient (Wildman–Crippen LogP) is 2.73. The van der Waals surface area contributed by atoms with Gasteiger partial charge in [-0.15, -0.1) is 46.4 Å². The van der Waals surface area contributed by atoms with Crippen LogP contribution in [-0.2, 0) is 14.2 Å². The summed E-state index contributed by atoms with van der Waals surface area (Å²) in [6.45, 7) is 1.73. The molecule has 0 saturated carbocycles. The first-order valence-electron chi connectivity index (χ1n) is 5.33. The van der Waals surface area contributed by atoms with Crippen molar-refractivity contribution in [1.82, 2.24) is 0 Å². The summed E-state index contributed by atoms with van der Waals surface area (Å²) in [5.74, 6) is 1.61. The SMILES string of the molecule is ClCCOC(CCl)COCC(CCl)OCCCl. The minimum absolute atomic E-state index is 0.153. The van der Waals surface area contributed by atoms with Gasteiger partial charge in [0.05, 0.1) is 50.4 Å². The molecule has 0 saturated heterocycles. The molecule has 0 aliphatic heterocycles. The van der Waals surface area contributed by atoms with Gasteiger partial charge in [-0.05, 0) is 0 Å². The lowest BCUT2D eigenvalue weighted by Gasteiger charge is -2.18. The maximum atomic E-state index is 5.71. The molecule has 0 aromatic carbocycles. The van der Waals surface area contributed by atoms with Crippen LogP contribution in [0, 0.1) is 0 Å². The van der Waals surface area contributed by atoms with Crippen molar-refractivity contribution in [3.8, 4) is 0 Å². The van der Waals surface area contributed by atoms with E-state index in [2.05, 4.69) is 0 Å². The second-order valence-corrected chi connectivity index (χ2v) is 4.58. The van der Waals surface area contributed by atoms with Gasteiger partial charge >= 0.3 is 0 Å². The lowest BCUT2D eigenvalue weighted by Crippen LogP contribution is -2.28. The third kappa shape index (κ3) is 10.6. The van der Waals surface area contributed by atoms with E-state index < -0.39 is 0 Å². The van der Waals surface area contributed by atoms with E-state index in [1.54, 1.807) is 0 Å². The van der Waals surface area contributed by atoms with E-state index >= 15 is 0 Å². The van der Waals surface area contributed by atoms with Crippen molar-refractivity contribution in [3.63, 3.8) is 0 Å². The molecule has 0 radical (unpaired) electrons. The van der Waals surface area contributed by atoms with E-state index in [-0.39, 0.29) is 12.2 Å². The van der Waals surface area contributed by atoms with E-state index in [1.807, 2.05) is 0 Å². The summed E-state index contributed by atoms with van der Waals surface area (Å²) in [4.78, 5) is 0. The Morgan fingerprint density at radius 3 is 1.41 bits per heavy atom. The number of hydrogen-bond acceptors (Lipinski definition) is 3. The highest BCUT2D eigenvalue weighted by molar-refractivity contribution is 6.18. The van der Waals surface area contributed by atoms with Crippen molar-refractivity contribution in [2.45, 2.75) is 12.2 Å². The molecule has 17 heavy (non-hydrogen) atoms. The zero-order chi connectivity index (χ0) is 12.9. The molecule has 0 spiro atoms. The summed E-state index contributed by atoms with van der Waals surface area (Å²) >= 11 is 22.4. The van der Waals surface area contributed by atoms with Gasteiger partial charge in [0.25, 0.3) is 0 Å². The number of halogens is 4.